The number of benzene rings is 1. The number of nitrogens with two attached hydrogens (primary N) is 1. The molecule has 0 fully saturated rings. The topological polar surface area (TPSA) is 104 Å². The van der Waals surface area contributed by atoms with Crippen LogP contribution < -0.4 is 15.8 Å². The summed E-state index contributed by atoms with van der Waals surface area (Å²) in [7, 11) is -2.12. The van der Waals surface area contributed by atoms with Gasteiger partial charge in [0.2, 0.25) is 10.0 Å². The first-order valence-corrected chi connectivity index (χ1v) is 7.64. The van der Waals surface area contributed by atoms with E-state index < -0.39 is 10.0 Å². The van der Waals surface area contributed by atoms with E-state index in [2.05, 4.69) is 10.0 Å². The van der Waals surface area contributed by atoms with Gasteiger partial charge in [0.25, 0.3) is 0 Å². The Balaban J connectivity index is 2.81. The normalized spacial score (nSPS) is 13.2. The van der Waals surface area contributed by atoms with E-state index in [-0.39, 0.29) is 11.0 Å². The molecule has 0 aromatic heterocycles. The second-order valence-corrected chi connectivity index (χ2v) is 6.12. The van der Waals surface area contributed by atoms with Crippen molar-refractivity contribution in [3.05, 3.63) is 18.2 Å². The third-order valence-corrected chi connectivity index (χ3v) is 4.28. The molecular weight excluding hydrogens is 266 g/mol. The van der Waals surface area contributed by atoms with E-state index in [9.17, 15) is 13.5 Å². The fraction of sp³-hybridized carbons (Fsp3) is 0.500. The van der Waals surface area contributed by atoms with E-state index >= 15 is 0 Å². The molecule has 5 N–H and O–H groups in total. The van der Waals surface area contributed by atoms with Crippen LogP contribution in [0.1, 0.15) is 19.8 Å². The second-order valence-electron chi connectivity index (χ2n) is 4.23. The van der Waals surface area contributed by atoms with Gasteiger partial charge in [-0.1, -0.05) is 6.92 Å². The van der Waals surface area contributed by atoms with Gasteiger partial charge in [-0.2, -0.15) is 0 Å². The van der Waals surface area contributed by atoms with E-state index in [1.165, 1.54) is 19.2 Å². The third kappa shape index (κ3) is 4.38. The number of rotatable bonds is 7. The van der Waals surface area contributed by atoms with Gasteiger partial charge in [-0.05, 0) is 38.1 Å². The highest BCUT2D eigenvalue weighted by Gasteiger charge is 2.13. The number of nitrogens with one attached hydrogen (secondary N) is 2. The molecule has 0 spiro atoms. The Kier molecular flexibility index (Phi) is 5.59. The number of anilines is 2. The van der Waals surface area contributed by atoms with Crippen LogP contribution in [0.4, 0.5) is 11.4 Å². The molecular formula is C12H21N3O3S. The van der Waals surface area contributed by atoms with Gasteiger partial charge < -0.3 is 16.2 Å². The Morgan fingerprint density at radius 2 is 2.11 bits per heavy atom. The Bertz CT molecular complexity index is 517. The molecule has 1 aromatic rings. The molecule has 0 bridgehead atoms. The first-order valence-electron chi connectivity index (χ1n) is 6.15. The summed E-state index contributed by atoms with van der Waals surface area (Å²) in [6.45, 7) is 2.43. The third-order valence-electron chi connectivity index (χ3n) is 2.87. The highest BCUT2D eigenvalue weighted by Crippen LogP contribution is 2.22. The average Bonchev–Trinajstić information content (AvgIpc) is 2.40. The number of sulfonamides is 1. The number of nitrogen functional groups attached to an aromatic ring is 1. The van der Waals surface area contributed by atoms with Crippen molar-refractivity contribution < 1.29 is 13.5 Å². The van der Waals surface area contributed by atoms with Gasteiger partial charge in [0.15, 0.2) is 0 Å². The molecule has 0 aliphatic heterocycles. The zero-order valence-corrected chi connectivity index (χ0v) is 12.0. The highest BCUT2D eigenvalue weighted by molar-refractivity contribution is 7.89. The van der Waals surface area contributed by atoms with Gasteiger partial charge in [-0.3, -0.25) is 0 Å². The van der Waals surface area contributed by atoms with Crippen LogP contribution in [0, 0.1) is 0 Å². The van der Waals surface area contributed by atoms with E-state index in [4.69, 9.17) is 5.73 Å². The van der Waals surface area contributed by atoms with Crippen molar-refractivity contribution in [2.24, 2.45) is 0 Å². The van der Waals surface area contributed by atoms with Gasteiger partial charge in [0.1, 0.15) is 0 Å². The van der Waals surface area contributed by atoms with Gasteiger partial charge >= 0.3 is 0 Å². The summed E-state index contributed by atoms with van der Waals surface area (Å²) >= 11 is 0. The molecule has 1 unspecified atom stereocenters. The lowest BCUT2D eigenvalue weighted by Gasteiger charge is -2.13. The first kappa shape index (κ1) is 15.7. The standard InChI is InChI=1S/C12H21N3O3S/c1-3-9(16)6-7-15-12-8-10(4-5-11(12)13)19(17,18)14-2/h4-5,8-9,14-16H,3,6-7,13H2,1-2H3. The van der Waals surface area contributed by atoms with Gasteiger partial charge in [-0.15, -0.1) is 0 Å². The highest BCUT2D eigenvalue weighted by atomic mass is 32.2. The number of aliphatic hydroxyl groups excluding tert-OH is 1. The maximum atomic E-state index is 11.7. The van der Waals surface area contributed by atoms with Crippen LogP contribution in [0.15, 0.2) is 23.1 Å². The Morgan fingerprint density at radius 1 is 1.42 bits per heavy atom. The molecule has 0 aliphatic rings. The average molecular weight is 287 g/mol. The zero-order chi connectivity index (χ0) is 14.5. The molecule has 1 rings (SSSR count). The first-order chi connectivity index (χ1) is 8.90. The molecule has 1 aromatic carbocycles. The van der Waals surface area contributed by atoms with Gasteiger partial charge in [-0.25, -0.2) is 13.1 Å². The van der Waals surface area contributed by atoms with Crippen molar-refractivity contribution >= 4 is 21.4 Å². The summed E-state index contributed by atoms with van der Waals surface area (Å²) in [6, 6.07) is 4.48. The molecule has 19 heavy (non-hydrogen) atoms. The summed E-state index contributed by atoms with van der Waals surface area (Å²) in [5.41, 5.74) is 6.81. The zero-order valence-electron chi connectivity index (χ0n) is 11.2. The van der Waals surface area contributed by atoms with Gasteiger partial charge in [0, 0.05) is 6.54 Å². The molecule has 0 aliphatic carbocycles. The maximum Gasteiger partial charge on any atom is 0.240 e. The van der Waals surface area contributed by atoms with Crippen molar-refractivity contribution in [2.75, 3.05) is 24.6 Å². The predicted molar refractivity (Wildman–Crippen MR) is 76.5 cm³/mol. The van der Waals surface area contributed by atoms with Gasteiger partial charge in [0.05, 0.1) is 22.4 Å². The monoisotopic (exact) mass is 287 g/mol. The van der Waals surface area contributed by atoms with E-state index in [1.807, 2.05) is 6.92 Å². The number of hydrogen-bond donors (Lipinski definition) is 4. The van der Waals surface area contributed by atoms with E-state index in [1.54, 1.807) is 6.07 Å². The molecule has 0 heterocycles. The van der Waals surface area contributed by atoms with Crippen LogP contribution in [0.3, 0.4) is 0 Å². The molecule has 0 saturated carbocycles. The maximum absolute atomic E-state index is 11.7. The van der Waals surface area contributed by atoms with Crippen LogP contribution in [-0.4, -0.2) is 33.2 Å². The second kappa shape index (κ2) is 6.74. The summed E-state index contributed by atoms with van der Waals surface area (Å²) in [5.74, 6) is 0. The fourth-order valence-electron chi connectivity index (χ4n) is 1.55. The fourth-order valence-corrected chi connectivity index (χ4v) is 2.31. The predicted octanol–water partition coefficient (Wildman–Crippen LogP) is 0.750. The minimum Gasteiger partial charge on any atom is -0.397 e. The minimum atomic E-state index is -3.48. The summed E-state index contributed by atoms with van der Waals surface area (Å²) in [5, 5.41) is 12.5. The van der Waals surface area contributed by atoms with Crippen molar-refractivity contribution in [1.29, 1.82) is 0 Å². The number of hydrogen-bond acceptors (Lipinski definition) is 5. The van der Waals surface area contributed by atoms with E-state index in [0.717, 1.165) is 0 Å². The Hall–Kier alpha value is -1.31. The van der Waals surface area contributed by atoms with Crippen LogP contribution in [0.5, 0.6) is 0 Å². The molecule has 1 atom stereocenters. The summed E-state index contributed by atoms with van der Waals surface area (Å²) < 4.78 is 25.6. The van der Waals surface area contributed by atoms with Crippen LogP contribution in [0.25, 0.3) is 0 Å². The summed E-state index contributed by atoms with van der Waals surface area (Å²) in [6.07, 6.45) is 0.905. The van der Waals surface area contributed by atoms with Crippen molar-refractivity contribution in [3.63, 3.8) is 0 Å². The Labute approximate surface area is 114 Å². The molecule has 0 radical (unpaired) electrons. The molecule has 108 valence electrons. The molecule has 7 heteroatoms. The van der Waals surface area contributed by atoms with Crippen molar-refractivity contribution in [2.45, 2.75) is 30.8 Å². The van der Waals surface area contributed by atoms with E-state index in [0.29, 0.717) is 30.8 Å². The lowest BCUT2D eigenvalue weighted by molar-refractivity contribution is 0.164. The quantitative estimate of drug-likeness (QED) is 0.554. The van der Waals surface area contributed by atoms with Crippen LogP contribution >= 0.6 is 0 Å². The van der Waals surface area contributed by atoms with Crippen molar-refractivity contribution in [1.82, 2.24) is 4.72 Å². The molecule has 0 amide bonds. The lowest BCUT2D eigenvalue weighted by atomic mass is 10.2. The smallest absolute Gasteiger partial charge is 0.240 e. The molecule has 6 nitrogen and oxygen atoms in total. The molecule has 0 saturated heterocycles. The van der Waals surface area contributed by atoms with Crippen molar-refractivity contribution in [3.8, 4) is 0 Å². The van der Waals surface area contributed by atoms with Crippen LogP contribution in [-0.2, 0) is 10.0 Å². The lowest BCUT2D eigenvalue weighted by Crippen LogP contribution is -2.19. The SMILES string of the molecule is CCC(O)CCNc1cc(S(=O)(=O)NC)ccc1N. The Morgan fingerprint density at radius 3 is 2.68 bits per heavy atom. The van der Waals surface area contributed by atoms with Crippen LogP contribution in [0.2, 0.25) is 0 Å². The minimum absolute atomic E-state index is 0.155. The summed E-state index contributed by atoms with van der Waals surface area (Å²) in [4.78, 5) is 0.155. The number of aliphatic hydroxyl groups is 1. The largest absolute Gasteiger partial charge is 0.397 e.